The largest absolute Gasteiger partial charge is 0.355 e. The van der Waals surface area contributed by atoms with Crippen LogP contribution in [0.1, 0.15) is 66.7 Å². The van der Waals surface area contributed by atoms with E-state index in [1.165, 1.54) is 6.42 Å². The van der Waals surface area contributed by atoms with Crippen molar-refractivity contribution in [2.45, 2.75) is 72.3 Å². The normalized spacial score (nSPS) is 14.6. The van der Waals surface area contributed by atoms with Gasteiger partial charge in [-0.05, 0) is 31.6 Å². The molecule has 0 saturated carbocycles. The number of unbranched alkanes of at least 4 members (excludes halogenated alkanes) is 1. The van der Waals surface area contributed by atoms with Crippen LogP contribution in [0.3, 0.4) is 0 Å². The molecule has 0 bridgehead atoms. The van der Waals surface area contributed by atoms with Crippen LogP contribution in [0.25, 0.3) is 0 Å². The van der Waals surface area contributed by atoms with Crippen LogP contribution < -0.4 is 11.1 Å². The molecule has 110 valence electrons. The van der Waals surface area contributed by atoms with E-state index in [1.54, 1.807) is 6.92 Å². The average Bonchev–Trinajstić information content (AvgIpc) is 2.15. The highest BCUT2D eigenvalue weighted by molar-refractivity contribution is 5.85. The Morgan fingerprint density at radius 1 is 1.11 bits per heavy atom. The third-order valence-electron chi connectivity index (χ3n) is 2.93. The Hall–Kier alpha value is -0.280. The van der Waals surface area contributed by atoms with Crippen LogP contribution in [-0.4, -0.2) is 18.0 Å². The van der Waals surface area contributed by atoms with Crippen molar-refractivity contribution < 1.29 is 4.79 Å². The van der Waals surface area contributed by atoms with Gasteiger partial charge < -0.3 is 11.1 Å². The average molecular weight is 279 g/mol. The molecule has 0 fully saturated rings. The van der Waals surface area contributed by atoms with E-state index in [9.17, 15) is 4.79 Å². The summed E-state index contributed by atoms with van der Waals surface area (Å²) in [5.74, 6) is -0.0184. The predicted octanol–water partition coefficient (Wildman–Crippen LogP) is 3.26. The number of rotatable bonds is 7. The third-order valence-corrected chi connectivity index (χ3v) is 2.93. The van der Waals surface area contributed by atoms with E-state index in [1.807, 2.05) is 6.92 Å². The van der Waals surface area contributed by atoms with Gasteiger partial charge in [0, 0.05) is 6.54 Å². The highest BCUT2D eigenvalue weighted by Gasteiger charge is 2.26. The quantitative estimate of drug-likeness (QED) is 0.703. The molecule has 0 aromatic carbocycles. The molecule has 0 spiro atoms. The van der Waals surface area contributed by atoms with Crippen LogP contribution in [0.4, 0.5) is 0 Å². The second-order valence-electron chi connectivity index (χ2n) is 6.44. The van der Waals surface area contributed by atoms with Crippen molar-refractivity contribution in [3.8, 4) is 0 Å². The lowest BCUT2D eigenvalue weighted by molar-refractivity contribution is -0.126. The van der Waals surface area contributed by atoms with Gasteiger partial charge in [-0.1, -0.05) is 40.5 Å². The minimum Gasteiger partial charge on any atom is -0.355 e. The molecule has 18 heavy (non-hydrogen) atoms. The summed E-state index contributed by atoms with van der Waals surface area (Å²) >= 11 is 0. The standard InChI is InChI=1S/C14H30N2O.ClH/c1-6-9-14(5,15)12(17)16-11-8-7-10-13(2,3)4;/h6-11,15H2,1-5H3,(H,16,17);1H. The fraction of sp³-hybridized carbons (Fsp3) is 0.929. The number of halogens is 1. The van der Waals surface area contributed by atoms with Crippen molar-refractivity contribution >= 4 is 18.3 Å². The van der Waals surface area contributed by atoms with Crippen LogP contribution in [-0.2, 0) is 4.79 Å². The first kappa shape index (κ1) is 20.0. The Kier molecular flexibility index (Phi) is 9.75. The van der Waals surface area contributed by atoms with E-state index < -0.39 is 5.54 Å². The summed E-state index contributed by atoms with van der Waals surface area (Å²) in [5, 5.41) is 2.93. The Balaban J connectivity index is 0. The van der Waals surface area contributed by atoms with E-state index in [0.29, 0.717) is 5.41 Å². The molecule has 0 radical (unpaired) electrons. The molecule has 3 nitrogen and oxygen atoms in total. The molecule has 0 aliphatic heterocycles. The van der Waals surface area contributed by atoms with Crippen molar-refractivity contribution in [2.75, 3.05) is 6.54 Å². The molecule has 1 unspecified atom stereocenters. The first-order chi connectivity index (χ1) is 7.69. The minimum absolute atomic E-state index is 0. The summed E-state index contributed by atoms with van der Waals surface area (Å²) in [6, 6.07) is 0. The van der Waals surface area contributed by atoms with Gasteiger partial charge in [0.2, 0.25) is 5.91 Å². The summed E-state index contributed by atoms with van der Waals surface area (Å²) in [4.78, 5) is 11.8. The van der Waals surface area contributed by atoms with Crippen LogP contribution >= 0.6 is 12.4 Å². The van der Waals surface area contributed by atoms with E-state index in [4.69, 9.17) is 5.73 Å². The van der Waals surface area contributed by atoms with Crippen molar-refractivity contribution in [2.24, 2.45) is 11.1 Å². The topological polar surface area (TPSA) is 55.1 Å². The second kappa shape index (κ2) is 8.76. The summed E-state index contributed by atoms with van der Waals surface area (Å²) < 4.78 is 0. The molecule has 0 rings (SSSR count). The van der Waals surface area contributed by atoms with Gasteiger partial charge >= 0.3 is 0 Å². The maximum atomic E-state index is 11.8. The Morgan fingerprint density at radius 3 is 2.11 bits per heavy atom. The van der Waals surface area contributed by atoms with Gasteiger partial charge in [0.25, 0.3) is 0 Å². The third kappa shape index (κ3) is 9.72. The lowest BCUT2D eigenvalue weighted by Gasteiger charge is -2.23. The first-order valence-electron chi connectivity index (χ1n) is 6.76. The van der Waals surface area contributed by atoms with Gasteiger partial charge in [-0.25, -0.2) is 0 Å². The highest BCUT2D eigenvalue weighted by Crippen LogP contribution is 2.21. The lowest BCUT2D eigenvalue weighted by Crippen LogP contribution is -2.51. The smallest absolute Gasteiger partial charge is 0.239 e. The Labute approximate surface area is 119 Å². The molecule has 0 aromatic heterocycles. The molecule has 1 atom stereocenters. The van der Waals surface area contributed by atoms with Crippen molar-refractivity contribution in [3.63, 3.8) is 0 Å². The van der Waals surface area contributed by atoms with Gasteiger partial charge in [0.15, 0.2) is 0 Å². The zero-order valence-electron chi connectivity index (χ0n) is 12.6. The maximum Gasteiger partial charge on any atom is 0.239 e. The van der Waals surface area contributed by atoms with E-state index in [2.05, 4.69) is 26.1 Å². The molecule has 0 saturated heterocycles. The Morgan fingerprint density at radius 2 is 1.67 bits per heavy atom. The number of hydrogen-bond donors (Lipinski definition) is 2. The molecule has 0 aliphatic carbocycles. The maximum absolute atomic E-state index is 11.8. The molecule has 0 heterocycles. The molecule has 4 heteroatoms. The van der Waals surface area contributed by atoms with Crippen LogP contribution in [0.5, 0.6) is 0 Å². The van der Waals surface area contributed by atoms with Crippen molar-refractivity contribution in [1.29, 1.82) is 0 Å². The van der Waals surface area contributed by atoms with E-state index >= 15 is 0 Å². The van der Waals surface area contributed by atoms with Crippen LogP contribution in [0.15, 0.2) is 0 Å². The van der Waals surface area contributed by atoms with Gasteiger partial charge in [-0.3, -0.25) is 4.79 Å². The number of nitrogens with one attached hydrogen (secondary N) is 1. The summed E-state index contributed by atoms with van der Waals surface area (Å²) in [6.45, 7) is 11.3. The second-order valence-corrected chi connectivity index (χ2v) is 6.44. The monoisotopic (exact) mass is 278 g/mol. The number of hydrogen-bond acceptors (Lipinski definition) is 2. The van der Waals surface area contributed by atoms with Crippen molar-refractivity contribution in [3.05, 3.63) is 0 Å². The molecule has 0 aliphatic rings. The molecule has 1 amide bonds. The zero-order chi connectivity index (χ0) is 13.5. The Bertz CT molecular complexity index is 234. The summed E-state index contributed by atoms with van der Waals surface area (Å²) in [6.07, 6.45) is 5.05. The number of amides is 1. The fourth-order valence-electron chi connectivity index (χ4n) is 1.82. The number of nitrogens with two attached hydrogens (primary N) is 1. The van der Waals surface area contributed by atoms with Gasteiger partial charge in [-0.2, -0.15) is 0 Å². The number of carbonyl (C=O) groups excluding carboxylic acids is 1. The first-order valence-corrected chi connectivity index (χ1v) is 6.76. The predicted molar refractivity (Wildman–Crippen MR) is 81.1 cm³/mol. The van der Waals surface area contributed by atoms with Crippen LogP contribution in [0, 0.1) is 5.41 Å². The van der Waals surface area contributed by atoms with Gasteiger partial charge in [-0.15, -0.1) is 12.4 Å². The molecule has 3 N–H and O–H groups in total. The minimum atomic E-state index is -0.710. The van der Waals surface area contributed by atoms with Crippen molar-refractivity contribution in [1.82, 2.24) is 5.32 Å². The lowest BCUT2D eigenvalue weighted by atomic mass is 9.90. The SMILES string of the molecule is CCCC(C)(N)C(=O)NCCCCC(C)(C)C.Cl. The highest BCUT2D eigenvalue weighted by atomic mass is 35.5. The molecular formula is C14H31ClN2O. The summed E-state index contributed by atoms with van der Waals surface area (Å²) in [5.41, 5.74) is 5.62. The number of carbonyl (C=O) groups is 1. The zero-order valence-corrected chi connectivity index (χ0v) is 13.5. The molecular weight excluding hydrogens is 248 g/mol. The van der Waals surface area contributed by atoms with Crippen LogP contribution in [0.2, 0.25) is 0 Å². The fourth-order valence-corrected chi connectivity index (χ4v) is 1.82. The van der Waals surface area contributed by atoms with Gasteiger partial charge in [0.05, 0.1) is 5.54 Å². The molecule has 0 aromatic rings. The van der Waals surface area contributed by atoms with Gasteiger partial charge in [0.1, 0.15) is 0 Å². The van der Waals surface area contributed by atoms with E-state index in [0.717, 1.165) is 32.2 Å². The van der Waals surface area contributed by atoms with E-state index in [-0.39, 0.29) is 18.3 Å². The summed E-state index contributed by atoms with van der Waals surface area (Å²) in [7, 11) is 0.